The molecule has 6 nitrogen and oxygen atoms in total. The maximum Gasteiger partial charge on any atom is 0.306 e. The molecule has 140 valence electrons. The Morgan fingerprint density at radius 2 is 1.78 bits per heavy atom. The number of benzene rings is 2. The molecule has 0 saturated heterocycles. The number of carbonyl (C=O) groups is 1. The van der Waals surface area contributed by atoms with Crippen LogP contribution in [-0.2, 0) is 16.1 Å². The van der Waals surface area contributed by atoms with Gasteiger partial charge in [0.15, 0.2) is 0 Å². The molecule has 2 aromatic carbocycles. The average Bonchev–Trinajstić information content (AvgIpc) is 3.20. The van der Waals surface area contributed by atoms with Gasteiger partial charge in [0, 0.05) is 12.0 Å². The molecule has 3 aromatic rings. The zero-order valence-corrected chi connectivity index (χ0v) is 15.1. The molecule has 0 amide bonds. The van der Waals surface area contributed by atoms with E-state index in [2.05, 4.69) is 4.98 Å². The molecule has 0 fully saturated rings. The lowest BCUT2D eigenvalue weighted by molar-refractivity contribution is -0.145. The van der Waals surface area contributed by atoms with Crippen LogP contribution >= 0.6 is 0 Å². The molecule has 1 aromatic heterocycles. The quantitative estimate of drug-likeness (QED) is 0.416. The number of ether oxygens (including phenoxy) is 3. The topological polar surface area (TPSA) is 70.8 Å². The molecular weight excluding hydrogens is 346 g/mol. The molecule has 3 rings (SSSR count). The molecule has 0 atom stereocenters. The molecule has 0 bridgehead atoms. The Morgan fingerprint density at radius 3 is 2.52 bits per heavy atom. The summed E-state index contributed by atoms with van der Waals surface area (Å²) < 4.78 is 21.3. The van der Waals surface area contributed by atoms with Crippen LogP contribution in [-0.4, -0.2) is 24.7 Å². The molecule has 0 aliphatic carbocycles. The van der Waals surface area contributed by atoms with Crippen LogP contribution in [0.4, 0.5) is 0 Å². The van der Waals surface area contributed by atoms with Crippen molar-refractivity contribution in [3.05, 3.63) is 66.6 Å². The van der Waals surface area contributed by atoms with Gasteiger partial charge in [-0.2, -0.15) is 0 Å². The Bertz CT molecular complexity index is 843. The fourth-order valence-electron chi connectivity index (χ4n) is 2.39. The van der Waals surface area contributed by atoms with Crippen LogP contribution in [0.2, 0.25) is 0 Å². The van der Waals surface area contributed by atoms with Crippen molar-refractivity contribution in [1.82, 2.24) is 4.98 Å². The van der Waals surface area contributed by atoms with Gasteiger partial charge in [0.05, 0.1) is 13.7 Å². The van der Waals surface area contributed by atoms with Crippen LogP contribution in [0.5, 0.6) is 11.5 Å². The van der Waals surface area contributed by atoms with E-state index in [1.807, 2.05) is 54.6 Å². The number of oxazole rings is 1. The van der Waals surface area contributed by atoms with Crippen LogP contribution in [0.25, 0.3) is 11.5 Å². The molecule has 0 aliphatic heterocycles. The molecule has 0 N–H and O–H groups in total. The maximum absolute atomic E-state index is 11.8. The molecule has 27 heavy (non-hydrogen) atoms. The standard InChI is InChI=1S/C21H21NO5/c1-24-18-9-11-19(12-10-18)25-13-5-8-20(23)26-14-17-15-27-21(22-17)16-6-3-2-4-7-16/h2-4,6-7,9-12,15H,5,8,13-14H2,1H3. The summed E-state index contributed by atoms with van der Waals surface area (Å²) in [7, 11) is 1.61. The van der Waals surface area contributed by atoms with Gasteiger partial charge in [0.1, 0.15) is 30.1 Å². The van der Waals surface area contributed by atoms with E-state index in [-0.39, 0.29) is 19.0 Å². The molecule has 6 heteroatoms. The van der Waals surface area contributed by atoms with Crippen molar-refractivity contribution in [3.63, 3.8) is 0 Å². The fraction of sp³-hybridized carbons (Fsp3) is 0.238. The van der Waals surface area contributed by atoms with Crippen molar-refractivity contribution < 1.29 is 23.4 Å². The second kappa shape index (κ2) is 9.43. The van der Waals surface area contributed by atoms with Crippen molar-refractivity contribution in [2.75, 3.05) is 13.7 Å². The second-order valence-corrected chi connectivity index (χ2v) is 5.80. The van der Waals surface area contributed by atoms with E-state index in [1.165, 1.54) is 6.26 Å². The monoisotopic (exact) mass is 367 g/mol. The number of nitrogens with zero attached hydrogens (tertiary/aromatic N) is 1. The number of aromatic nitrogens is 1. The number of carbonyl (C=O) groups excluding carboxylic acids is 1. The summed E-state index contributed by atoms with van der Waals surface area (Å²) in [5, 5.41) is 0. The highest BCUT2D eigenvalue weighted by atomic mass is 16.5. The van der Waals surface area contributed by atoms with E-state index in [1.54, 1.807) is 7.11 Å². The molecule has 1 heterocycles. The van der Waals surface area contributed by atoms with Crippen LogP contribution in [0.3, 0.4) is 0 Å². The van der Waals surface area contributed by atoms with Gasteiger partial charge in [0.25, 0.3) is 0 Å². The summed E-state index contributed by atoms with van der Waals surface area (Å²) in [6, 6.07) is 16.9. The number of hydrogen-bond donors (Lipinski definition) is 0. The van der Waals surface area contributed by atoms with Gasteiger partial charge in [-0.05, 0) is 42.8 Å². The third-order valence-electron chi connectivity index (χ3n) is 3.81. The van der Waals surface area contributed by atoms with Gasteiger partial charge in [0.2, 0.25) is 5.89 Å². The fourth-order valence-corrected chi connectivity index (χ4v) is 2.39. The predicted octanol–water partition coefficient (Wildman–Crippen LogP) is 4.25. The summed E-state index contributed by atoms with van der Waals surface area (Å²) in [5.74, 6) is 1.72. The van der Waals surface area contributed by atoms with Gasteiger partial charge >= 0.3 is 5.97 Å². The minimum Gasteiger partial charge on any atom is -0.497 e. The SMILES string of the molecule is COc1ccc(OCCCC(=O)OCc2coc(-c3ccccc3)n2)cc1. The minimum absolute atomic E-state index is 0.0918. The van der Waals surface area contributed by atoms with Crippen LogP contribution in [0, 0.1) is 0 Å². The Morgan fingerprint density at radius 1 is 1.04 bits per heavy atom. The van der Waals surface area contributed by atoms with Gasteiger partial charge in [-0.3, -0.25) is 4.79 Å². The zero-order valence-electron chi connectivity index (χ0n) is 15.1. The van der Waals surface area contributed by atoms with E-state index >= 15 is 0 Å². The Labute approximate surface area is 157 Å². The first kappa shape index (κ1) is 18.5. The van der Waals surface area contributed by atoms with Crippen molar-refractivity contribution in [3.8, 4) is 23.0 Å². The lowest BCUT2D eigenvalue weighted by Gasteiger charge is -2.07. The smallest absolute Gasteiger partial charge is 0.306 e. The minimum atomic E-state index is -0.294. The lowest BCUT2D eigenvalue weighted by Crippen LogP contribution is -2.07. The van der Waals surface area contributed by atoms with E-state index in [0.717, 1.165) is 17.1 Å². The largest absolute Gasteiger partial charge is 0.497 e. The number of rotatable bonds is 9. The van der Waals surface area contributed by atoms with E-state index < -0.39 is 0 Å². The summed E-state index contributed by atoms with van der Waals surface area (Å²) in [6.07, 6.45) is 2.35. The van der Waals surface area contributed by atoms with Crippen LogP contribution in [0.15, 0.2) is 65.3 Å². The Kier molecular flexibility index (Phi) is 6.46. The van der Waals surface area contributed by atoms with E-state index in [4.69, 9.17) is 18.6 Å². The normalized spacial score (nSPS) is 10.4. The third-order valence-corrected chi connectivity index (χ3v) is 3.81. The zero-order chi connectivity index (χ0) is 18.9. The summed E-state index contributed by atoms with van der Waals surface area (Å²) in [4.78, 5) is 16.2. The first-order valence-corrected chi connectivity index (χ1v) is 8.67. The molecule has 0 spiro atoms. The van der Waals surface area contributed by atoms with Crippen LogP contribution in [0.1, 0.15) is 18.5 Å². The van der Waals surface area contributed by atoms with Crippen molar-refractivity contribution >= 4 is 5.97 Å². The van der Waals surface area contributed by atoms with Crippen molar-refractivity contribution in [2.45, 2.75) is 19.4 Å². The molecule has 0 saturated carbocycles. The van der Waals surface area contributed by atoms with Gasteiger partial charge in [-0.15, -0.1) is 0 Å². The highest BCUT2D eigenvalue weighted by Gasteiger charge is 2.09. The molecule has 0 aliphatic rings. The Balaban J connectivity index is 1.35. The highest BCUT2D eigenvalue weighted by Crippen LogP contribution is 2.19. The van der Waals surface area contributed by atoms with E-state index in [9.17, 15) is 4.79 Å². The van der Waals surface area contributed by atoms with E-state index in [0.29, 0.717) is 24.6 Å². The molecule has 0 radical (unpaired) electrons. The van der Waals surface area contributed by atoms with Crippen molar-refractivity contribution in [1.29, 1.82) is 0 Å². The predicted molar refractivity (Wildman–Crippen MR) is 99.5 cm³/mol. The molecular formula is C21H21NO5. The summed E-state index contributed by atoms with van der Waals surface area (Å²) in [6.45, 7) is 0.526. The second-order valence-electron chi connectivity index (χ2n) is 5.80. The average molecular weight is 367 g/mol. The first-order valence-electron chi connectivity index (χ1n) is 8.67. The van der Waals surface area contributed by atoms with Gasteiger partial charge in [-0.1, -0.05) is 18.2 Å². The Hall–Kier alpha value is -3.28. The van der Waals surface area contributed by atoms with Gasteiger partial charge < -0.3 is 18.6 Å². The number of methoxy groups -OCH3 is 1. The lowest BCUT2D eigenvalue weighted by atomic mass is 10.2. The maximum atomic E-state index is 11.8. The highest BCUT2D eigenvalue weighted by molar-refractivity contribution is 5.69. The number of hydrogen-bond acceptors (Lipinski definition) is 6. The summed E-state index contributed by atoms with van der Waals surface area (Å²) in [5.41, 5.74) is 1.46. The van der Waals surface area contributed by atoms with Crippen LogP contribution < -0.4 is 9.47 Å². The summed E-state index contributed by atoms with van der Waals surface area (Å²) >= 11 is 0. The third kappa shape index (κ3) is 5.60. The molecule has 0 unspecified atom stereocenters. The number of esters is 1. The first-order chi connectivity index (χ1) is 13.2. The van der Waals surface area contributed by atoms with Crippen molar-refractivity contribution in [2.24, 2.45) is 0 Å². The van der Waals surface area contributed by atoms with Gasteiger partial charge in [-0.25, -0.2) is 4.98 Å².